The van der Waals surface area contributed by atoms with E-state index in [-0.39, 0.29) is 5.54 Å². The Bertz CT molecular complexity index is 94.1. The zero-order valence-electron chi connectivity index (χ0n) is 5.73. The Kier molecular flexibility index (Phi) is 2.50. The number of quaternary nitrogens is 1. The maximum atomic E-state index is 8.15. The third kappa shape index (κ3) is 5.45. The Morgan fingerprint density at radius 1 is 1.50 bits per heavy atom. The molecule has 0 heterocycles. The third-order valence-corrected chi connectivity index (χ3v) is 0.806. The fourth-order valence-electron chi connectivity index (χ4n) is 0.352. The van der Waals surface area contributed by atoms with Crippen molar-refractivity contribution >= 4 is 0 Å². The Morgan fingerprint density at radius 2 is 2.00 bits per heavy atom. The van der Waals surface area contributed by atoms with Crippen LogP contribution in [0.2, 0.25) is 0 Å². The van der Waals surface area contributed by atoms with Gasteiger partial charge in [-0.3, -0.25) is 0 Å². The van der Waals surface area contributed by atoms with Crippen LogP contribution in [-0.2, 0) is 0 Å². The number of nitrogens with zero attached hydrogens (tertiary/aromatic N) is 1. The second-order valence-corrected chi connectivity index (χ2v) is 2.93. The van der Waals surface area contributed by atoms with Crippen LogP contribution in [0.1, 0.15) is 20.8 Å². The molecular weight excluding hydrogens is 100 g/mol. The summed E-state index contributed by atoms with van der Waals surface area (Å²) in [7, 11) is 0. The van der Waals surface area contributed by atoms with Crippen molar-refractivity contribution in [3.63, 3.8) is 0 Å². The van der Waals surface area contributed by atoms with Gasteiger partial charge in [-0.05, 0) is 20.8 Å². The smallest absolute Gasteiger partial charge is 0.163 e. The van der Waals surface area contributed by atoms with Crippen molar-refractivity contribution in [2.24, 2.45) is 0 Å². The average molecular weight is 113 g/mol. The van der Waals surface area contributed by atoms with Crippen LogP contribution in [-0.4, -0.2) is 12.1 Å². The van der Waals surface area contributed by atoms with Crippen LogP contribution in [0.5, 0.6) is 0 Å². The lowest BCUT2D eigenvalue weighted by atomic mass is 10.1. The molecule has 0 atom stereocenters. The van der Waals surface area contributed by atoms with Gasteiger partial charge < -0.3 is 5.32 Å². The number of rotatable bonds is 1. The van der Waals surface area contributed by atoms with E-state index in [1.807, 2.05) is 5.32 Å². The second-order valence-electron chi connectivity index (χ2n) is 2.93. The van der Waals surface area contributed by atoms with Crippen LogP contribution in [0.25, 0.3) is 0 Å². The van der Waals surface area contributed by atoms with Gasteiger partial charge in [0.15, 0.2) is 6.54 Å². The largest absolute Gasteiger partial charge is 0.330 e. The maximum absolute atomic E-state index is 8.15. The van der Waals surface area contributed by atoms with Crippen molar-refractivity contribution in [1.82, 2.24) is 0 Å². The Morgan fingerprint density at radius 3 is 2.12 bits per heavy atom. The first-order valence-corrected chi connectivity index (χ1v) is 2.77. The molecule has 0 radical (unpaired) electrons. The van der Waals surface area contributed by atoms with Gasteiger partial charge in [0.1, 0.15) is 6.07 Å². The van der Waals surface area contributed by atoms with Gasteiger partial charge in [-0.2, -0.15) is 5.26 Å². The predicted molar refractivity (Wildman–Crippen MR) is 32.2 cm³/mol. The van der Waals surface area contributed by atoms with Gasteiger partial charge in [0, 0.05) is 0 Å². The summed E-state index contributed by atoms with van der Waals surface area (Å²) in [6.07, 6.45) is 0. The lowest BCUT2D eigenvalue weighted by Gasteiger charge is -2.13. The summed E-state index contributed by atoms with van der Waals surface area (Å²) in [6, 6.07) is 2.07. The lowest BCUT2D eigenvalue weighted by molar-refractivity contribution is -0.707. The van der Waals surface area contributed by atoms with E-state index in [9.17, 15) is 0 Å². The molecule has 0 aliphatic rings. The number of hydrogen-bond donors (Lipinski definition) is 1. The first-order valence-electron chi connectivity index (χ1n) is 2.77. The second kappa shape index (κ2) is 2.68. The minimum absolute atomic E-state index is 0.204. The van der Waals surface area contributed by atoms with Crippen molar-refractivity contribution in [3.8, 4) is 6.07 Å². The minimum atomic E-state index is 0.204. The molecule has 2 N–H and O–H groups in total. The molecule has 0 saturated carbocycles. The molecule has 8 heavy (non-hydrogen) atoms. The molecular formula is C6H13N2+. The summed E-state index contributed by atoms with van der Waals surface area (Å²) in [6.45, 7) is 6.82. The van der Waals surface area contributed by atoms with Crippen LogP contribution >= 0.6 is 0 Å². The van der Waals surface area contributed by atoms with E-state index in [0.29, 0.717) is 6.54 Å². The quantitative estimate of drug-likeness (QED) is 0.473. The summed E-state index contributed by atoms with van der Waals surface area (Å²) in [5.41, 5.74) is 0.204. The van der Waals surface area contributed by atoms with Crippen molar-refractivity contribution in [1.29, 1.82) is 5.26 Å². The first-order chi connectivity index (χ1) is 3.56. The van der Waals surface area contributed by atoms with Crippen LogP contribution < -0.4 is 5.32 Å². The van der Waals surface area contributed by atoms with Gasteiger partial charge in [0.05, 0.1) is 5.54 Å². The first kappa shape index (κ1) is 7.45. The topological polar surface area (TPSA) is 40.4 Å². The number of hydrogen-bond acceptors (Lipinski definition) is 1. The number of nitrogens with two attached hydrogens (primary N) is 1. The Labute approximate surface area is 50.5 Å². The van der Waals surface area contributed by atoms with E-state index in [4.69, 9.17) is 5.26 Å². The van der Waals surface area contributed by atoms with E-state index in [1.54, 1.807) is 0 Å². The molecule has 0 aliphatic heterocycles. The molecule has 46 valence electrons. The molecule has 0 aromatic rings. The number of nitriles is 1. The van der Waals surface area contributed by atoms with Crippen molar-refractivity contribution < 1.29 is 5.32 Å². The van der Waals surface area contributed by atoms with E-state index < -0.39 is 0 Å². The van der Waals surface area contributed by atoms with Crippen molar-refractivity contribution in [3.05, 3.63) is 0 Å². The molecule has 0 bridgehead atoms. The van der Waals surface area contributed by atoms with Crippen LogP contribution in [0, 0.1) is 11.3 Å². The summed E-state index contributed by atoms with van der Waals surface area (Å²) >= 11 is 0. The zero-order valence-corrected chi connectivity index (χ0v) is 5.73. The SMILES string of the molecule is CC(C)(C)[NH2+]CC#N. The molecule has 0 aromatic heterocycles. The Hall–Kier alpha value is -0.550. The van der Waals surface area contributed by atoms with E-state index in [0.717, 1.165) is 0 Å². The summed E-state index contributed by atoms with van der Waals surface area (Å²) in [5, 5.41) is 10.2. The summed E-state index contributed by atoms with van der Waals surface area (Å²) < 4.78 is 0. The highest BCUT2D eigenvalue weighted by Crippen LogP contribution is 1.86. The highest BCUT2D eigenvalue weighted by Gasteiger charge is 2.10. The van der Waals surface area contributed by atoms with Crippen LogP contribution in [0.15, 0.2) is 0 Å². The molecule has 0 unspecified atom stereocenters. The van der Waals surface area contributed by atoms with Gasteiger partial charge >= 0.3 is 0 Å². The molecule has 0 rings (SSSR count). The van der Waals surface area contributed by atoms with E-state index in [1.165, 1.54) is 0 Å². The normalized spacial score (nSPS) is 10.8. The predicted octanol–water partition coefficient (Wildman–Crippen LogP) is -0.128. The standard InChI is InChI=1S/C6H12N2/c1-6(2,3)8-5-4-7/h8H,5H2,1-3H3/p+1. The fraction of sp³-hybridized carbons (Fsp3) is 0.833. The Balaban J connectivity index is 3.28. The maximum Gasteiger partial charge on any atom is 0.163 e. The lowest BCUT2D eigenvalue weighted by Crippen LogP contribution is -2.94. The monoisotopic (exact) mass is 113 g/mol. The molecule has 0 amide bonds. The van der Waals surface area contributed by atoms with E-state index >= 15 is 0 Å². The molecule has 2 heteroatoms. The molecule has 0 aromatic carbocycles. The molecule has 0 spiro atoms. The van der Waals surface area contributed by atoms with Gasteiger partial charge in [0.2, 0.25) is 0 Å². The molecule has 0 fully saturated rings. The van der Waals surface area contributed by atoms with Gasteiger partial charge in [-0.25, -0.2) is 0 Å². The fourth-order valence-corrected chi connectivity index (χ4v) is 0.352. The molecule has 0 aliphatic carbocycles. The minimum Gasteiger partial charge on any atom is -0.330 e. The van der Waals surface area contributed by atoms with Gasteiger partial charge in [-0.15, -0.1) is 0 Å². The van der Waals surface area contributed by atoms with Crippen LogP contribution in [0.4, 0.5) is 0 Å². The highest BCUT2D eigenvalue weighted by atomic mass is 14.9. The highest BCUT2D eigenvalue weighted by molar-refractivity contribution is 4.66. The van der Waals surface area contributed by atoms with Crippen molar-refractivity contribution in [2.75, 3.05) is 6.54 Å². The van der Waals surface area contributed by atoms with Gasteiger partial charge in [-0.1, -0.05) is 0 Å². The third-order valence-electron chi connectivity index (χ3n) is 0.806. The summed E-state index contributed by atoms with van der Waals surface area (Å²) in [4.78, 5) is 0. The average Bonchev–Trinajstić information content (AvgIpc) is 1.59. The van der Waals surface area contributed by atoms with Crippen LogP contribution in [0.3, 0.4) is 0 Å². The van der Waals surface area contributed by atoms with Gasteiger partial charge in [0.25, 0.3) is 0 Å². The molecule has 2 nitrogen and oxygen atoms in total. The summed E-state index contributed by atoms with van der Waals surface area (Å²) in [5.74, 6) is 0. The van der Waals surface area contributed by atoms with E-state index in [2.05, 4.69) is 26.8 Å². The zero-order chi connectivity index (χ0) is 6.62. The van der Waals surface area contributed by atoms with Crippen molar-refractivity contribution in [2.45, 2.75) is 26.3 Å². The molecule has 0 saturated heterocycles.